The van der Waals surface area contributed by atoms with Crippen molar-refractivity contribution in [3.8, 4) is 0 Å². The highest BCUT2D eigenvalue weighted by molar-refractivity contribution is 5.61. The van der Waals surface area contributed by atoms with E-state index in [0.29, 0.717) is 0 Å². The fraction of sp³-hybridized carbons (Fsp3) is 0.667. The number of hydrogen-bond donors (Lipinski definition) is 1. The molecule has 0 bridgehead atoms. The van der Waals surface area contributed by atoms with Gasteiger partial charge in [0.2, 0.25) is 0 Å². The molecule has 2 nitrogen and oxygen atoms in total. The van der Waals surface area contributed by atoms with Crippen LogP contribution in [0, 0.1) is 5.41 Å². The third-order valence-electron chi connectivity index (χ3n) is 0.545. The smallest absolute Gasteiger partial charge is 0.115 e. The van der Waals surface area contributed by atoms with E-state index in [2.05, 4.69) is 4.74 Å². The van der Waals surface area contributed by atoms with Gasteiger partial charge >= 0.3 is 0 Å². The van der Waals surface area contributed by atoms with Crippen LogP contribution in [0.2, 0.25) is 0 Å². The maximum Gasteiger partial charge on any atom is 0.115 e. The Morgan fingerprint density at radius 1 is 2.00 bits per heavy atom. The Bertz CT molecular complexity index is 48.9. The van der Waals surface area contributed by atoms with E-state index in [9.17, 15) is 0 Å². The summed E-state index contributed by atoms with van der Waals surface area (Å²) in [5, 5.41) is 6.47. The molecule has 0 aliphatic carbocycles. The highest BCUT2D eigenvalue weighted by Gasteiger charge is 2.17. The van der Waals surface area contributed by atoms with Crippen LogP contribution in [0.4, 0.5) is 0 Å². The number of ether oxygens (including phenoxy) is 1. The van der Waals surface area contributed by atoms with E-state index in [1.54, 1.807) is 0 Å². The predicted molar refractivity (Wildman–Crippen MR) is 18.5 cm³/mol. The molecular formula is C3H5NO. The van der Waals surface area contributed by atoms with Crippen LogP contribution in [0.3, 0.4) is 0 Å². The van der Waals surface area contributed by atoms with Gasteiger partial charge in [-0.3, -0.25) is 0 Å². The van der Waals surface area contributed by atoms with Gasteiger partial charge in [-0.05, 0) is 0 Å². The molecule has 0 aromatic rings. The fourth-order valence-electron chi connectivity index (χ4n) is 0.152. The lowest BCUT2D eigenvalue weighted by atomic mass is 10.5. The van der Waals surface area contributed by atoms with Crippen molar-refractivity contribution in [2.24, 2.45) is 0 Å². The molecule has 2 heteroatoms. The summed E-state index contributed by atoms with van der Waals surface area (Å²) in [4.78, 5) is 0. The van der Waals surface area contributed by atoms with E-state index in [0.717, 1.165) is 6.61 Å². The molecule has 0 radical (unpaired) electrons. The summed E-state index contributed by atoms with van der Waals surface area (Å²) in [6.45, 7) is 0.767. The van der Waals surface area contributed by atoms with Gasteiger partial charge in [0.15, 0.2) is 0 Å². The van der Waals surface area contributed by atoms with Crippen LogP contribution < -0.4 is 0 Å². The van der Waals surface area contributed by atoms with Gasteiger partial charge in [-0.25, -0.2) is 0 Å². The lowest BCUT2D eigenvalue weighted by molar-refractivity contribution is 0.451. The minimum absolute atomic E-state index is 0.176. The predicted octanol–water partition coefficient (Wildman–Crippen LogP) is 0.0348. The first-order valence-electron chi connectivity index (χ1n) is 1.55. The van der Waals surface area contributed by atoms with Crippen LogP contribution in [-0.4, -0.2) is 18.9 Å². The number of rotatable bonds is 1. The summed E-state index contributed by atoms with van der Waals surface area (Å²) in [7, 11) is 0. The van der Waals surface area contributed by atoms with Gasteiger partial charge in [-0.2, -0.15) is 0 Å². The van der Waals surface area contributed by atoms with Gasteiger partial charge in [0.1, 0.15) is 6.10 Å². The monoisotopic (exact) mass is 71.0 g/mol. The van der Waals surface area contributed by atoms with Crippen molar-refractivity contribution < 1.29 is 4.74 Å². The van der Waals surface area contributed by atoms with Crippen LogP contribution in [-0.2, 0) is 4.74 Å². The van der Waals surface area contributed by atoms with E-state index < -0.39 is 0 Å². The zero-order valence-electron chi connectivity index (χ0n) is 2.77. The van der Waals surface area contributed by atoms with Crippen molar-refractivity contribution in [3.05, 3.63) is 0 Å². The molecular weight excluding hydrogens is 66.0 g/mol. The summed E-state index contributed by atoms with van der Waals surface area (Å²) >= 11 is 0. The number of hydrogen-bond acceptors (Lipinski definition) is 2. The zero-order chi connectivity index (χ0) is 3.70. The first-order chi connectivity index (χ1) is 2.43. The largest absolute Gasteiger partial charge is 0.367 e. The summed E-state index contributed by atoms with van der Waals surface area (Å²) in [5.74, 6) is 0. The van der Waals surface area contributed by atoms with Crippen LogP contribution in [0.1, 0.15) is 0 Å². The van der Waals surface area contributed by atoms with E-state index >= 15 is 0 Å². The summed E-state index contributed by atoms with van der Waals surface area (Å²) in [6, 6.07) is 0. The molecule has 1 fully saturated rings. The Hall–Kier alpha value is -0.370. The lowest BCUT2D eigenvalue weighted by Crippen LogP contribution is -1.78. The molecule has 5 heavy (non-hydrogen) atoms. The molecule has 1 aliphatic heterocycles. The van der Waals surface area contributed by atoms with Gasteiger partial charge in [0, 0.05) is 6.21 Å². The third kappa shape index (κ3) is 0.450. The molecule has 0 aromatic carbocycles. The van der Waals surface area contributed by atoms with Crippen molar-refractivity contribution in [2.75, 3.05) is 6.61 Å². The minimum Gasteiger partial charge on any atom is -0.367 e. The summed E-state index contributed by atoms with van der Waals surface area (Å²) in [5.41, 5.74) is 0. The molecule has 0 saturated carbocycles. The standard InChI is InChI=1S/C3H5NO/c4-1-3-2-5-3/h1,3-4H,2H2. The molecule has 0 amide bonds. The normalized spacial score (nSPS) is 33.2. The second-order valence-electron chi connectivity index (χ2n) is 1.04. The highest BCUT2D eigenvalue weighted by atomic mass is 16.6. The maximum absolute atomic E-state index is 6.47. The highest BCUT2D eigenvalue weighted by Crippen LogP contribution is 2.02. The number of nitrogens with one attached hydrogen (secondary N) is 1. The van der Waals surface area contributed by atoms with Crippen molar-refractivity contribution in [3.63, 3.8) is 0 Å². The second-order valence-corrected chi connectivity index (χ2v) is 1.04. The quantitative estimate of drug-likeness (QED) is 0.343. The van der Waals surface area contributed by atoms with Crippen LogP contribution in [0.15, 0.2) is 0 Å². The molecule has 1 heterocycles. The average molecular weight is 71.1 g/mol. The topological polar surface area (TPSA) is 36.4 Å². The van der Waals surface area contributed by atoms with Crippen molar-refractivity contribution in [1.29, 1.82) is 5.41 Å². The van der Waals surface area contributed by atoms with Crippen molar-refractivity contribution in [2.45, 2.75) is 6.10 Å². The second kappa shape index (κ2) is 0.792. The van der Waals surface area contributed by atoms with E-state index in [4.69, 9.17) is 5.41 Å². The van der Waals surface area contributed by atoms with E-state index in [1.807, 2.05) is 0 Å². The van der Waals surface area contributed by atoms with Gasteiger partial charge in [0.25, 0.3) is 0 Å². The van der Waals surface area contributed by atoms with E-state index in [-0.39, 0.29) is 6.10 Å². The molecule has 1 aliphatic rings. The minimum atomic E-state index is 0.176. The molecule has 1 rings (SSSR count). The Kier molecular flexibility index (Phi) is 0.451. The fourth-order valence-corrected chi connectivity index (χ4v) is 0.152. The van der Waals surface area contributed by atoms with Crippen LogP contribution in [0.25, 0.3) is 0 Å². The Labute approximate surface area is 30.3 Å². The maximum atomic E-state index is 6.47. The van der Waals surface area contributed by atoms with Crippen molar-refractivity contribution in [1.82, 2.24) is 0 Å². The molecule has 0 spiro atoms. The molecule has 1 saturated heterocycles. The zero-order valence-corrected chi connectivity index (χ0v) is 2.77. The van der Waals surface area contributed by atoms with Crippen LogP contribution >= 0.6 is 0 Å². The van der Waals surface area contributed by atoms with Gasteiger partial charge in [-0.15, -0.1) is 0 Å². The third-order valence-corrected chi connectivity index (χ3v) is 0.545. The first kappa shape index (κ1) is 2.85. The van der Waals surface area contributed by atoms with Crippen LogP contribution in [0.5, 0.6) is 0 Å². The van der Waals surface area contributed by atoms with E-state index in [1.165, 1.54) is 6.21 Å². The molecule has 1 unspecified atom stereocenters. The lowest BCUT2D eigenvalue weighted by Gasteiger charge is -1.58. The van der Waals surface area contributed by atoms with Gasteiger partial charge < -0.3 is 10.1 Å². The van der Waals surface area contributed by atoms with Crippen molar-refractivity contribution >= 4 is 6.21 Å². The SMILES string of the molecule is N=CC1CO1. The summed E-state index contributed by atoms with van der Waals surface area (Å²) in [6.07, 6.45) is 1.48. The molecule has 28 valence electrons. The van der Waals surface area contributed by atoms with Gasteiger partial charge in [-0.1, -0.05) is 0 Å². The molecule has 0 aromatic heterocycles. The average Bonchev–Trinajstić information content (AvgIpc) is 2.12. The number of epoxide rings is 1. The molecule has 1 atom stereocenters. The summed E-state index contributed by atoms with van der Waals surface area (Å²) < 4.78 is 4.61. The molecule has 1 N–H and O–H groups in total. The Balaban J connectivity index is 2.21. The van der Waals surface area contributed by atoms with Gasteiger partial charge in [0.05, 0.1) is 6.61 Å². The Morgan fingerprint density at radius 2 is 2.60 bits per heavy atom. The first-order valence-corrected chi connectivity index (χ1v) is 1.55. The Morgan fingerprint density at radius 3 is 2.60 bits per heavy atom.